The Hall–Kier alpha value is -1.29. The first-order chi connectivity index (χ1) is 8.10. The number of nitrogens with zero attached hydrogens (tertiary/aromatic N) is 2. The number of amides is 1. The van der Waals surface area contributed by atoms with Crippen molar-refractivity contribution in [1.82, 2.24) is 14.8 Å². The van der Waals surface area contributed by atoms with Gasteiger partial charge in [-0.25, -0.2) is 0 Å². The molecular formula is C13H23N3O. The van der Waals surface area contributed by atoms with Crippen LogP contribution in [0.4, 0.5) is 0 Å². The van der Waals surface area contributed by atoms with Crippen LogP contribution in [0.5, 0.6) is 0 Å². The van der Waals surface area contributed by atoms with E-state index >= 15 is 0 Å². The molecule has 17 heavy (non-hydrogen) atoms. The molecule has 0 radical (unpaired) electrons. The topological polar surface area (TPSA) is 37.3 Å². The highest BCUT2D eigenvalue weighted by atomic mass is 16.2. The Bertz CT molecular complexity index is 359. The summed E-state index contributed by atoms with van der Waals surface area (Å²) in [5, 5.41) is 3.36. The first-order valence-corrected chi connectivity index (χ1v) is 6.22. The molecule has 0 fully saturated rings. The quantitative estimate of drug-likeness (QED) is 0.816. The van der Waals surface area contributed by atoms with Crippen molar-refractivity contribution in [2.45, 2.75) is 33.4 Å². The molecule has 4 heteroatoms. The number of aromatic nitrogens is 1. The van der Waals surface area contributed by atoms with Gasteiger partial charge in [-0.1, -0.05) is 6.92 Å². The van der Waals surface area contributed by atoms with Gasteiger partial charge in [-0.05, 0) is 32.5 Å². The van der Waals surface area contributed by atoms with Gasteiger partial charge in [0.1, 0.15) is 6.54 Å². The summed E-state index contributed by atoms with van der Waals surface area (Å²) in [6, 6.07) is 4.32. The molecule has 0 spiro atoms. The number of likely N-dealkylation sites (N-methyl/N-ethyl adjacent to an activating group) is 1. The Morgan fingerprint density at radius 3 is 2.82 bits per heavy atom. The van der Waals surface area contributed by atoms with Crippen molar-refractivity contribution < 1.29 is 4.79 Å². The monoisotopic (exact) mass is 237 g/mol. The average molecular weight is 237 g/mol. The van der Waals surface area contributed by atoms with E-state index in [1.54, 1.807) is 4.90 Å². The van der Waals surface area contributed by atoms with Gasteiger partial charge in [-0.15, -0.1) is 0 Å². The highest BCUT2D eigenvalue weighted by Gasteiger charge is 2.13. The summed E-state index contributed by atoms with van der Waals surface area (Å²) >= 11 is 0. The van der Waals surface area contributed by atoms with Gasteiger partial charge >= 0.3 is 0 Å². The van der Waals surface area contributed by atoms with Gasteiger partial charge in [-0.2, -0.15) is 0 Å². The fourth-order valence-corrected chi connectivity index (χ4v) is 1.82. The molecule has 0 aliphatic rings. The number of nitrogens with one attached hydrogen (secondary N) is 1. The summed E-state index contributed by atoms with van der Waals surface area (Å²) in [7, 11) is 1.83. The minimum Gasteiger partial charge on any atom is -0.344 e. The third kappa shape index (κ3) is 3.60. The summed E-state index contributed by atoms with van der Waals surface area (Å²) in [6.07, 6.45) is 1.96. The Morgan fingerprint density at radius 1 is 1.53 bits per heavy atom. The number of rotatable bonds is 6. The maximum Gasteiger partial charge on any atom is 0.242 e. The molecule has 1 atom stereocenters. The average Bonchev–Trinajstić information content (AvgIpc) is 2.76. The molecule has 1 heterocycles. The lowest BCUT2D eigenvalue weighted by Gasteiger charge is -2.19. The fourth-order valence-electron chi connectivity index (χ4n) is 1.82. The van der Waals surface area contributed by atoms with Gasteiger partial charge in [0.2, 0.25) is 5.91 Å². The number of carbonyl (C=O) groups is 1. The number of hydrogen-bond donors (Lipinski definition) is 1. The second kappa shape index (κ2) is 6.45. The summed E-state index contributed by atoms with van der Waals surface area (Å²) in [4.78, 5) is 13.6. The molecule has 0 aliphatic carbocycles. The van der Waals surface area contributed by atoms with Gasteiger partial charge in [0.05, 0.1) is 0 Å². The van der Waals surface area contributed by atoms with Gasteiger partial charge in [0.15, 0.2) is 0 Å². The Morgan fingerprint density at radius 2 is 2.24 bits per heavy atom. The minimum atomic E-state index is 0.147. The third-order valence-electron chi connectivity index (χ3n) is 3.02. The molecule has 1 N–H and O–H groups in total. The lowest BCUT2D eigenvalue weighted by atomic mass is 10.2. The van der Waals surface area contributed by atoms with E-state index in [0.29, 0.717) is 6.54 Å². The standard InChI is InChI=1S/C13H23N3O/c1-5-14-11(3)12-8-7-9-16(12)10-13(17)15(4)6-2/h7-9,11,14H,5-6,10H2,1-4H3. The van der Waals surface area contributed by atoms with Crippen molar-refractivity contribution in [1.29, 1.82) is 0 Å². The van der Waals surface area contributed by atoms with Crippen molar-refractivity contribution >= 4 is 5.91 Å². The van der Waals surface area contributed by atoms with E-state index < -0.39 is 0 Å². The SMILES string of the molecule is CCNC(C)c1cccn1CC(=O)N(C)CC. The van der Waals surface area contributed by atoms with E-state index in [1.165, 1.54) is 0 Å². The molecule has 0 saturated carbocycles. The highest BCUT2D eigenvalue weighted by molar-refractivity contribution is 5.75. The third-order valence-corrected chi connectivity index (χ3v) is 3.02. The van der Waals surface area contributed by atoms with Crippen molar-refractivity contribution in [3.05, 3.63) is 24.0 Å². The number of hydrogen-bond acceptors (Lipinski definition) is 2. The molecule has 4 nitrogen and oxygen atoms in total. The fraction of sp³-hybridized carbons (Fsp3) is 0.615. The molecule has 96 valence electrons. The molecule has 0 bridgehead atoms. The smallest absolute Gasteiger partial charge is 0.242 e. The van der Waals surface area contributed by atoms with Gasteiger partial charge in [-0.3, -0.25) is 4.79 Å². The predicted molar refractivity (Wildman–Crippen MR) is 69.8 cm³/mol. The van der Waals surface area contributed by atoms with E-state index in [4.69, 9.17) is 0 Å². The van der Waals surface area contributed by atoms with Gasteiger partial charge in [0.25, 0.3) is 0 Å². The molecule has 1 amide bonds. The van der Waals surface area contributed by atoms with Crippen LogP contribution in [0.1, 0.15) is 32.5 Å². The lowest BCUT2D eigenvalue weighted by Crippen LogP contribution is -2.31. The van der Waals surface area contributed by atoms with Gasteiger partial charge < -0.3 is 14.8 Å². The van der Waals surface area contributed by atoms with Crippen LogP contribution in [0, 0.1) is 0 Å². The number of carbonyl (C=O) groups excluding carboxylic acids is 1. The van der Waals surface area contributed by atoms with Crippen LogP contribution in [0.3, 0.4) is 0 Å². The summed E-state index contributed by atoms with van der Waals surface area (Å²) in [5.74, 6) is 0.147. The second-order valence-corrected chi connectivity index (χ2v) is 4.25. The zero-order valence-corrected chi connectivity index (χ0v) is 11.2. The molecule has 0 aromatic carbocycles. The molecule has 1 aromatic heterocycles. The molecular weight excluding hydrogens is 214 g/mol. The normalized spacial score (nSPS) is 12.5. The van der Waals surface area contributed by atoms with E-state index in [1.807, 2.05) is 30.8 Å². The summed E-state index contributed by atoms with van der Waals surface area (Å²) < 4.78 is 2.02. The largest absolute Gasteiger partial charge is 0.344 e. The maximum atomic E-state index is 11.9. The Kier molecular flexibility index (Phi) is 5.22. The van der Waals surface area contributed by atoms with Crippen molar-refractivity contribution in [2.75, 3.05) is 20.1 Å². The van der Waals surface area contributed by atoms with Crippen LogP contribution in [-0.4, -0.2) is 35.5 Å². The molecule has 1 aromatic rings. The Labute approximate surface area is 104 Å². The van der Waals surface area contributed by atoms with E-state index in [2.05, 4.69) is 25.2 Å². The van der Waals surface area contributed by atoms with Crippen molar-refractivity contribution in [2.24, 2.45) is 0 Å². The Balaban J connectivity index is 2.72. The molecule has 0 aliphatic heterocycles. The first-order valence-electron chi connectivity index (χ1n) is 6.22. The van der Waals surface area contributed by atoms with Crippen LogP contribution in [0.2, 0.25) is 0 Å². The molecule has 0 saturated heterocycles. The second-order valence-electron chi connectivity index (χ2n) is 4.25. The van der Waals surface area contributed by atoms with Crippen LogP contribution >= 0.6 is 0 Å². The first kappa shape index (κ1) is 13.8. The lowest BCUT2D eigenvalue weighted by molar-refractivity contribution is -0.130. The van der Waals surface area contributed by atoms with E-state index in [9.17, 15) is 4.79 Å². The molecule has 1 unspecified atom stereocenters. The van der Waals surface area contributed by atoms with E-state index in [0.717, 1.165) is 18.8 Å². The van der Waals surface area contributed by atoms with Crippen LogP contribution < -0.4 is 5.32 Å². The minimum absolute atomic E-state index is 0.147. The zero-order valence-electron chi connectivity index (χ0n) is 11.2. The summed E-state index contributed by atoms with van der Waals surface area (Å²) in [6.45, 7) is 8.27. The van der Waals surface area contributed by atoms with E-state index in [-0.39, 0.29) is 11.9 Å². The van der Waals surface area contributed by atoms with Crippen LogP contribution in [0.15, 0.2) is 18.3 Å². The predicted octanol–water partition coefficient (Wildman–Crippen LogP) is 1.64. The van der Waals surface area contributed by atoms with Gasteiger partial charge in [0, 0.05) is 31.5 Å². The maximum absolute atomic E-state index is 11.9. The van der Waals surface area contributed by atoms with Crippen molar-refractivity contribution in [3.63, 3.8) is 0 Å². The van der Waals surface area contributed by atoms with Crippen molar-refractivity contribution in [3.8, 4) is 0 Å². The van der Waals surface area contributed by atoms with Crippen LogP contribution in [0.25, 0.3) is 0 Å². The van der Waals surface area contributed by atoms with Crippen LogP contribution in [-0.2, 0) is 11.3 Å². The molecule has 1 rings (SSSR count). The summed E-state index contributed by atoms with van der Waals surface area (Å²) in [5.41, 5.74) is 1.16. The zero-order chi connectivity index (χ0) is 12.8. The highest BCUT2D eigenvalue weighted by Crippen LogP contribution is 2.13.